The molecule has 4 nitrogen and oxygen atoms in total. The molecule has 1 heterocycles. The Bertz CT molecular complexity index is 500. The number of ether oxygens (including phenoxy) is 1. The number of rotatable bonds is 8. The predicted octanol–water partition coefficient (Wildman–Crippen LogP) is 3.43. The first-order chi connectivity index (χ1) is 10.2. The van der Waals surface area contributed by atoms with Gasteiger partial charge in [-0.1, -0.05) is 19.9 Å². The first-order valence-corrected chi connectivity index (χ1v) is 7.90. The van der Waals surface area contributed by atoms with Gasteiger partial charge in [-0.2, -0.15) is 0 Å². The fourth-order valence-electron chi connectivity index (χ4n) is 3.00. The molecule has 1 aromatic carbocycles. The number of benzene rings is 1. The van der Waals surface area contributed by atoms with Crippen molar-refractivity contribution in [2.24, 2.45) is 0 Å². The lowest BCUT2D eigenvalue weighted by atomic mass is 10.0. The number of halogens is 1. The zero-order chi connectivity index (χ0) is 15.2. The minimum absolute atomic E-state index is 0. The van der Waals surface area contributed by atoms with Crippen LogP contribution in [-0.2, 0) is 17.6 Å². The molecule has 124 valence electrons. The highest BCUT2D eigenvalue weighted by Gasteiger charge is 2.24. The van der Waals surface area contributed by atoms with E-state index in [2.05, 4.69) is 30.1 Å². The van der Waals surface area contributed by atoms with Gasteiger partial charge in [0.15, 0.2) is 0 Å². The molecule has 0 saturated carbocycles. The van der Waals surface area contributed by atoms with Gasteiger partial charge in [0.1, 0.15) is 5.75 Å². The van der Waals surface area contributed by atoms with Gasteiger partial charge in [-0.05, 0) is 49.5 Å². The van der Waals surface area contributed by atoms with E-state index in [1.54, 1.807) is 7.11 Å². The van der Waals surface area contributed by atoms with E-state index in [0.29, 0.717) is 6.42 Å². The molecule has 1 aliphatic heterocycles. The molecule has 1 amide bonds. The van der Waals surface area contributed by atoms with Crippen LogP contribution in [0, 0.1) is 0 Å². The van der Waals surface area contributed by atoms with Crippen LogP contribution < -0.4 is 10.1 Å². The van der Waals surface area contributed by atoms with Crippen LogP contribution in [0.2, 0.25) is 0 Å². The Morgan fingerprint density at radius 2 is 1.86 bits per heavy atom. The van der Waals surface area contributed by atoms with Crippen LogP contribution in [0.3, 0.4) is 0 Å². The summed E-state index contributed by atoms with van der Waals surface area (Å²) in [6.07, 6.45) is 3.83. The molecule has 0 radical (unpaired) electrons. The van der Waals surface area contributed by atoms with Gasteiger partial charge in [-0.25, -0.2) is 0 Å². The van der Waals surface area contributed by atoms with Gasteiger partial charge in [-0.3, -0.25) is 4.79 Å². The topological polar surface area (TPSA) is 41.6 Å². The Kier molecular flexibility index (Phi) is 7.90. The van der Waals surface area contributed by atoms with Crippen molar-refractivity contribution < 1.29 is 9.53 Å². The Morgan fingerprint density at radius 1 is 1.18 bits per heavy atom. The van der Waals surface area contributed by atoms with Crippen molar-refractivity contribution in [2.75, 3.05) is 32.1 Å². The predicted molar refractivity (Wildman–Crippen MR) is 96.4 cm³/mol. The molecule has 0 saturated heterocycles. The molecule has 0 atom stereocenters. The molecule has 22 heavy (non-hydrogen) atoms. The summed E-state index contributed by atoms with van der Waals surface area (Å²) in [7, 11) is 1.64. The number of carbonyl (C=O) groups excluding carboxylic acids is 1. The standard InChI is InChI=1S/C17H26N2O2.BrH/c1-4-9-19(10-5-2)11-8-13-6-7-15(21-3)17-14(13)12-16(20)18-17;/h6-7H,4-5,8-12H2,1-3H3,(H,18,20);1H. The normalized spacial score (nSPS) is 12.8. The van der Waals surface area contributed by atoms with E-state index in [1.807, 2.05) is 6.07 Å². The molecule has 0 bridgehead atoms. The van der Waals surface area contributed by atoms with Gasteiger partial charge in [0.25, 0.3) is 0 Å². The van der Waals surface area contributed by atoms with Gasteiger partial charge < -0.3 is 15.0 Å². The number of hydrogen-bond acceptors (Lipinski definition) is 3. The molecular formula is C17H27BrN2O2. The summed E-state index contributed by atoms with van der Waals surface area (Å²) >= 11 is 0. The zero-order valence-corrected chi connectivity index (χ0v) is 15.5. The lowest BCUT2D eigenvalue weighted by Crippen LogP contribution is -2.28. The molecule has 1 aliphatic rings. The fraction of sp³-hybridized carbons (Fsp3) is 0.588. The van der Waals surface area contributed by atoms with E-state index in [4.69, 9.17) is 4.74 Å². The van der Waals surface area contributed by atoms with Crippen LogP contribution in [0.1, 0.15) is 37.8 Å². The molecule has 2 rings (SSSR count). The summed E-state index contributed by atoms with van der Waals surface area (Å²) in [5.74, 6) is 0.827. The number of fused-ring (bicyclic) bond motifs is 1. The molecule has 0 spiro atoms. The minimum Gasteiger partial charge on any atom is -0.495 e. The van der Waals surface area contributed by atoms with Crippen LogP contribution in [0.25, 0.3) is 0 Å². The summed E-state index contributed by atoms with van der Waals surface area (Å²) in [5.41, 5.74) is 3.26. The number of nitrogens with one attached hydrogen (secondary N) is 1. The Hall–Kier alpha value is -1.07. The summed E-state index contributed by atoms with van der Waals surface area (Å²) < 4.78 is 5.34. The van der Waals surface area contributed by atoms with Crippen molar-refractivity contribution in [1.29, 1.82) is 0 Å². The Morgan fingerprint density at radius 3 is 2.45 bits per heavy atom. The smallest absolute Gasteiger partial charge is 0.228 e. The van der Waals surface area contributed by atoms with Gasteiger partial charge in [-0.15, -0.1) is 17.0 Å². The van der Waals surface area contributed by atoms with Crippen molar-refractivity contribution in [3.8, 4) is 5.75 Å². The monoisotopic (exact) mass is 370 g/mol. The first-order valence-electron chi connectivity index (χ1n) is 7.90. The maximum atomic E-state index is 11.7. The molecule has 0 aliphatic carbocycles. The third-order valence-corrected chi connectivity index (χ3v) is 3.97. The van der Waals surface area contributed by atoms with Gasteiger partial charge in [0.2, 0.25) is 5.91 Å². The van der Waals surface area contributed by atoms with Gasteiger partial charge in [0, 0.05) is 6.54 Å². The molecule has 0 fully saturated rings. The summed E-state index contributed by atoms with van der Waals surface area (Å²) in [4.78, 5) is 14.2. The van der Waals surface area contributed by atoms with Crippen molar-refractivity contribution >= 4 is 28.6 Å². The highest BCUT2D eigenvalue weighted by molar-refractivity contribution is 8.93. The number of methoxy groups -OCH3 is 1. The number of carbonyl (C=O) groups is 1. The average molecular weight is 371 g/mol. The largest absolute Gasteiger partial charge is 0.495 e. The van der Waals surface area contributed by atoms with E-state index in [-0.39, 0.29) is 22.9 Å². The SMILES string of the molecule is Br.CCCN(CCC)CCc1ccc(OC)c2c1CC(=O)N2. The van der Waals surface area contributed by atoms with Crippen molar-refractivity contribution in [1.82, 2.24) is 4.90 Å². The van der Waals surface area contributed by atoms with Crippen molar-refractivity contribution in [2.45, 2.75) is 39.5 Å². The number of nitrogens with zero attached hydrogens (tertiary/aromatic N) is 1. The Labute approximate surface area is 144 Å². The van der Waals surface area contributed by atoms with Crippen LogP contribution in [-0.4, -0.2) is 37.6 Å². The molecule has 1 N–H and O–H groups in total. The van der Waals surface area contributed by atoms with E-state index in [1.165, 1.54) is 18.4 Å². The van der Waals surface area contributed by atoms with Crippen LogP contribution in [0.4, 0.5) is 5.69 Å². The van der Waals surface area contributed by atoms with Crippen molar-refractivity contribution in [3.63, 3.8) is 0 Å². The molecule has 5 heteroatoms. The molecule has 0 unspecified atom stereocenters. The van der Waals surface area contributed by atoms with Crippen LogP contribution in [0.15, 0.2) is 12.1 Å². The summed E-state index contributed by atoms with van der Waals surface area (Å²) in [5, 5.41) is 2.92. The minimum atomic E-state index is 0. The first kappa shape index (κ1) is 19.0. The second kappa shape index (κ2) is 9.16. The quantitative estimate of drug-likeness (QED) is 0.761. The van der Waals surface area contributed by atoms with Crippen LogP contribution in [0.5, 0.6) is 5.75 Å². The maximum Gasteiger partial charge on any atom is 0.228 e. The third-order valence-electron chi connectivity index (χ3n) is 3.97. The van der Waals surface area contributed by atoms with Gasteiger partial charge in [0.05, 0.1) is 19.2 Å². The highest BCUT2D eigenvalue weighted by Crippen LogP contribution is 2.35. The maximum absolute atomic E-state index is 11.7. The third kappa shape index (κ3) is 4.46. The average Bonchev–Trinajstić information content (AvgIpc) is 2.86. The number of hydrogen-bond donors (Lipinski definition) is 1. The second-order valence-corrected chi connectivity index (χ2v) is 5.60. The zero-order valence-electron chi connectivity index (χ0n) is 13.8. The molecular weight excluding hydrogens is 344 g/mol. The van der Waals surface area contributed by atoms with E-state index >= 15 is 0 Å². The molecule has 1 aromatic rings. The van der Waals surface area contributed by atoms with Crippen LogP contribution >= 0.6 is 17.0 Å². The van der Waals surface area contributed by atoms with E-state index in [9.17, 15) is 4.79 Å². The Balaban J connectivity index is 0.00000242. The fourth-order valence-corrected chi connectivity index (χ4v) is 3.00. The lowest BCUT2D eigenvalue weighted by molar-refractivity contribution is -0.115. The van der Waals surface area contributed by atoms with E-state index in [0.717, 1.165) is 43.1 Å². The second-order valence-electron chi connectivity index (χ2n) is 5.60. The highest BCUT2D eigenvalue weighted by atomic mass is 79.9. The lowest BCUT2D eigenvalue weighted by Gasteiger charge is -2.21. The summed E-state index contributed by atoms with van der Waals surface area (Å²) in [6.45, 7) is 7.77. The summed E-state index contributed by atoms with van der Waals surface area (Å²) in [6, 6.07) is 4.07. The molecule has 0 aromatic heterocycles. The number of amides is 1. The van der Waals surface area contributed by atoms with Gasteiger partial charge >= 0.3 is 0 Å². The van der Waals surface area contributed by atoms with E-state index < -0.39 is 0 Å². The van der Waals surface area contributed by atoms with Crippen molar-refractivity contribution in [3.05, 3.63) is 23.3 Å². The number of anilines is 1.